The average molecular weight is 397 g/mol. The van der Waals surface area contributed by atoms with Crippen molar-refractivity contribution in [2.75, 3.05) is 18.0 Å². The van der Waals surface area contributed by atoms with Crippen LogP contribution in [0.15, 0.2) is 77.8 Å². The van der Waals surface area contributed by atoms with Crippen molar-refractivity contribution in [3.8, 4) is 11.1 Å². The maximum absolute atomic E-state index is 13.1. The number of sulfonamides is 1. The molecule has 1 fully saturated rings. The van der Waals surface area contributed by atoms with Gasteiger partial charge in [-0.3, -0.25) is 0 Å². The molecule has 1 N–H and O–H groups in total. The van der Waals surface area contributed by atoms with Gasteiger partial charge < -0.3 is 4.90 Å². The van der Waals surface area contributed by atoms with E-state index in [2.05, 4.69) is 14.6 Å². The van der Waals surface area contributed by atoms with Gasteiger partial charge in [0.05, 0.1) is 4.90 Å². The predicted octanol–water partition coefficient (Wildman–Crippen LogP) is 3.44. The van der Waals surface area contributed by atoms with Crippen LogP contribution in [-0.2, 0) is 10.0 Å². The number of aromatic nitrogens is 1. The first-order valence-corrected chi connectivity index (χ1v) is 10.5. The molecule has 5 nitrogen and oxygen atoms in total. The highest BCUT2D eigenvalue weighted by Gasteiger charge is 2.27. The Balaban J connectivity index is 1.44. The van der Waals surface area contributed by atoms with E-state index in [0.29, 0.717) is 6.54 Å². The second-order valence-electron chi connectivity index (χ2n) is 6.77. The van der Waals surface area contributed by atoms with Gasteiger partial charge >= 0.3 is 0 Å². The van der Waals surface area contributed by atoms with Crippen LogP contribution in [0, 0.1) is 5.82 Å². The number of nitrogens with zero attached hydrogens (tertiary/aromatic N) is 2. The van der Waals surface area contributed by atoms with Gasteiger partial charge in [0.1, 0.15) is 11.6 Å². The quantitative estimate of drug-likeness (QED) is 0.716. The van der Waals surface area contributed by atoms with Crippen molar-refractivity contribution in [1.82, 2.24) is 9.71 Å². The van der Waals surface area contributed by atoms with E-state index in [0.717, 1.165) is 29.9 Å². The van der Waals surface area contributed by atoms with E-state index in [1.807, 2.05) is 18.2 Å². The van der Waals surface area contributed by atoms with Crippen molar-refractivity contribution < 1.29 is 12.8 Å². The molecule has 0 amide bonds. The number of hydrogen-bond acceptors (Lipinski definition) is 4. The number of halogens is 1. The Morgan fingerprint density at radius 1 is 0.964 bits per heavy atom. The molecule has 7 heteroatoms. The SMILES string of the molecule is O=S(=O)(NC1CCN(c2ccccn2)C1)c1ccc(-c2ccc(F)cc2)cc1. The number of pyridine rings is 1. The summed E-state index contributed by atoms with van der Waals surface area (Å²) in [6.45, 7) is 1.34. The Kier molecular flexibility index (Phi) is 5.11. The molecule has 1 unspecified atom stereocenters. The van der Waals surface area contributed by atoms with Crippen LogP contribution in [0.25, 0.3) is 11.1 Å². The highest BCUT2D eigenvalue weighted by molar-refractivity contribution is 7.89. The van der Waals surface area contributed by atoms with Gasteiger partial charge in [0.2, 0.25) is 10.0 Å². The van der Waals surface area contributed by atoms with Gasteiger partial charge in [-0.15, -0.1) is 0 Å². The predicted molar refractivity (Wildman–Crippen MR) is 107 cm³/mol. The average Bonchev–Trinajstić information content (AvgIpc) is 3.17. The first kappa shape index (κ1) is 18.6. The highest BCUT2D eigenvalue weighted by atomic mass is 32.2. The second-order valence-corrected chi connectivity index (χ2v) is 8.49. The van der Waals surface area contributed by atoms with Gasteiger partial charge in [-0.05, 0) is 53.9 Å². The maximum atomic E-state index is 13.1. The van der Waals surface area contributed by atoms with Gasteiger partial charge in [0, 0.05) is 25.3 Å². The second kappa shape index (κ2) is 7.69. The molecule has 0 radical (unpaired) electrons. The third kappa shape index (κ3) is 4.05. The van der Waals surface area contributed by atoms with Crippen LogP contribution >= 0.6 is 0 Å². The standard InChI is InChI=1S/C21H20FN3O2S/c22-18-8-4-16(5-9-18)17-6-10-20(11-7-17)28(26,27)24-19-12-14-25(15-19)21-3-1-2-13-23-21/h1-11,13,19,24H,12,14-15H2. The van der Waals surface area contributed by atoms with Gasteiger partial charge in [0.25, 0.3) is 0 Å². The monoisotopic (exact) mass is 397 g/mol. The zero-order chi connectivity index (χ0) is 19.6. The van der Waals surface area contributed by atoms with E-state index in [9.17, 15) is 12.8 Å². The van der Waals surface area contributed by atoms with E-state index >= 15 is 0 Å². The molecule has 1 aromatic heterocycles. The molecule has 0 saturated carbocycles. The van der Waals surface area contributed by atoms with Crippen LogP contribution in [0.2, 0.25) is 0 Å². The highest BCUT2D eigenvalue weighted by Crippen LogP contribution is 2.23. The van der Waals surface area contributed by atoms with Gasteiger partial charge in [0.15, 0.2) is 0 Å². The first-order valence-electron chi connectivity index (χ1n) is 9.06. The molecule has 1 aliphatic rings. The van der Waals surface area contributed by atoms with E-state index in [4.69, 9.17) is 0 Å². The molecule has 1 atom stereocenters. The van der Waals surface area contributed by atoms with E-state index in [-0.39, 0.29) is 16.8 Å². The van der Waals surface area contributed by atoms with E-state index in [1.165, 1.54) is 12.1 Å². The van der Waals surface area contributed by atoms with Gasteiger partial charge in [-0.2, -0.15) is 0 Å². The lowest BCUT2D eigenvalue weighted by Gasteiger charge is -2.18. The number of nitrogens with one attached hydrogen (secondary N) is 1. The van der Waals surface area contributed by atoms with Crippen LogP contribution in [-0.4, -0.2) is 32.5 Å². The van der Waals surface area contributed by atoms with Crippen molar-refractivity contribution >= 4 is 15.8 Å². The molecular formula is C21H20FN3O2S. The molecule has 4 rings (SSSR count). The molecule has 28 heavy (non-hydrogen) atoms. The smallest absolute Gasteiger partial charge is 0.240 e. The molecule has 1 aliphatic heterocycles. The number of rotatable bonds is 5. The van der Waals surface area contributed by atoms with Crippen LogP contribution in [0.3, 0.4) is 0 Å². The summed E-state index contributed by atoms with van der Waals surface area (Å²) in [5.41, 5.74) is 1.67. The Bertz CT molecular complexity index is 1040. The van der Waals surface area contributed by atoms with E-state index < -0.39 is 10.0 Å². The lowest BCUT2D eigenvalue weighted by Crippen LogP contribution is -2.37. The largest absolute Gasteiger partial charge is 0.355 e. The molecule has 2 heterocycles. The van der Waals surface area contributed by atoms with Gasteiger partial charge in [-0.1, -0.05) is 30.3 Å². The number of benzene rings is 2. The molecule has 0 aliphatic carbocycles. The Labute approximate surface area is 163 Å². The third-order valence-corrected chi connectivity index (χ3v) is 6.36. The fraction of sp³-hybridized carbons (Fsp3) is 0.190. The van der Waals surface area contributed by atoms with Crippen molar-refractivity contribution in [1.29, 1.82) is 0 Å². The summed E-state index contributed by atoms with van der Waals surface area (Å²) < 4.78 is 41.3. The summed E-state index contributed by atoms with van der Waals surface area (Å²) in [5, 5.41) is 0. The Hall–Kier alpha value is -2.77. The third-order valence-electron chi connectivity index (χ3n) is 4.83. The fourth-order valence-electron chi connectivity index (χ4n) is 3.36. The Morgan fingerprint density at radius 3 is 2.29 bits per heavy atom. The lowest BCUT2D eigenvalue weighted by molar-refractivity contribution is 0.561. The lowest BCUT2D eigenvalue weighted by atomic mass is 10.1. The molecule has 0 spiro atoms. The van der Waals surface area contributed by atoms with Crippen LogP contribution in [0.1, 0.15) is 6.42 Å². The van der Waals surface area contributed by atoms with Crippen molar-refractivity contribution in [3.05, 3.63) is 78.7 Å². The van der Waals surface area contributed by atoms with Crippen LogP contribution in [0.5, 0.6) is 0 Å². The molecule has 0 bridgehead atoms. The minimum absolute atomic E-state index is 0.163. The zero-order valence-corrected chi connectivity index (χ0v) is 15.9. The summed E-state index contributed by atoms with van der Waals surface area (Å²) in [6, 6.07) is 18.3. The molecule has 3 aromatic rings. The van der Waals surface area contributed by atoms with Gasteiger partial charge in [-0.25, -0.2) is 22.5 Å². The summed E-state index contributed by atoms with van der Waals surface area (Å²) in [6.07, 6.45) is 2.46. The zero-order valence-electron chi connectivity index (χ0n) is 15.1. The summed E-state index contributed by atoms with van der Waals surface area (Å²) in [7, 11) is -3.61. The topological polar surface area (TPSA) is 62.3 Å². The number of anilines is 1. The summed E-state index contributed by atoms with van der Waals surface area (Å²) in [4.78, 5) is 6.61. The van der Waals surface area contributed by atoms with E-state index in [1.54, 1.807) is 42.6 Å². The van der Waals surface area contributed by atoms with Crippen molar-refractivity contribution in [2.45, 2.75) is 17.4 Å². The Morgan fingerprint density at radius 2 is 1.64 bits per heavy atom. The normalized spacial score (nSPS) is 17.0. The van der Waals surface area contributed by atoms with Crippen LogP contribution < -0.4 is 9.62 Å². The first-order chi connectivity index (χ1) is 13.5. The minimum Gasteiger partial charge on any atom is -0.355 e. The van der Waals surface area contributed by atoms with Crippen molar-refractivity contribution in [3.63, 3.8) is 0 Å². The molecular weight excluding hydrogens is 377 g/mol. The number of hydrogen-bond donors (Lipinski definition) is 1. The van der Waals surface area contributed by atoms with Crippen LogP contribution in [0.4, 0.5) is 10.2 Å². The molecule has 144 valence electrons. The summed E-state index contributed by atoms with van der Waals surface area (Å²) >= 11 is 0. The minimum atomic E-state index is -3.61. The molecule has 2 aromatic carbocycles. The van der Waals surface area contributed by atoms with Crippen molar-refractivity contribution in [2.24, 2.45) is 0 Å². The molecule has 1 saturated heterocycles. The fourth-order valence-corrected chi connectivity index (χ4v) is 4.62. The maximum Gasteiger partial charge on any atom is 0.240 e. The summed E-state index contributed by atoms with van der Waals surface area (Å²) in [5.74, 6) is 0.552.